The van der Waals surface area contributed by atoms with E-state index in [1.54, 1.807) is 6.20 Å². The molecular formula is C21H25N3O. The number of nitrogens with zero attached hydrogens (tertiary/aromatic N) is 2. The summed E-state index contributed by atoms with van der Waals surface area (Å²) in [5, 5.41) is 10.1. The third kappa shape index (κ3) is 2.16. The first-order valence-electron chi connectivity index (χ1n) is 9.48. The van der Waals surface area contributed by atoms with E-state index in [2.05, 4.69) is 28.1 Å². The minimum Gasteiger partial charge on any atom is -0.508 e. The quantitative estimate of drug-likeness (QED) is 0.835. The average molecular weight is 335 g/mol. The molecule has 0 radical (unpaired) electrons. The highest BCUT2D eigenvalue weighted by Gasteiger charge is 2.54. The summed E-state index contributed by atoms with van der Waals surface area (Å²) in [5.41, 5.74) is 9.65. The van der Waals surface area contributed by atoms with E-state index >= 15 is 0 Å². The van der Waals surface area contributed by atoms with E-state index in [4.69, 9.17) is 5.73 Å². The summed E-state index contributed by atoms with van der Waals surface area (Å²) in [6.45, 7) is 1.03. The predicted octanol–water partition coefficient (Wildman–Crippen LogP) is 3.63. The van der Waals surface area contributed by atoms with E-state index in [0.717, 1.165) is 30.9 Å². The smallest absolute Gasteiger partial charge is 0.128 e. The number of hydrogen-bond acceptors (Lipinski definition) is 4. The lowest BCUT2D eigenvalue weighted by Gasteiger charge is -2.59. The maximum absolute atomic E-state index is 10.1. The van der Waals surface area contributed by atoms with Crippen molar-refractivity contribution in [1.29, 1.82) is 0 Å². The second-order valence-electron chi connectivity index (χ2n) is 8.01. The fourth-order valence-corrected chi connectivity index (χ4v) is 5.85. The van der Waals surface area contributed by atoms with E-state index in [1.807, 2.05) is 12.1 Å². The number of rotatable bonds is 1. The Bertz CT molecular complexity index is 803. The molecule has 0 spiro atoms. The third-order valence-corrected chi connectivity index (χ3v) is 6.89. The second-order valence-corrected chi connectivity index (χ2v) is 8.01. The number of fused-ring (bicyclic) bond motifs is 1. The van der Waals surface area contributed by atoms with E-state index in [1.165, 1.54) is 36.8 Å². The molecule has 0 amide bonds. The summed E-state index contributed by atoms with van der Waals surface area (Å²) in [7, 11) is 0. The minimum absolute atomic E-state index is 0.250. The fraction of sp³-hybridized carbons (Fsp3) is 0.476. The molecule has 2 bridgehead atoms. The first-order valence-corrected chi connectivity index (χ1v) is 9.48. The highest BCUT2D eigenvalue weighted by Crippen LogP contribution is 2.56. The van der Waals surface area contributed by atoms with Crippen LogP contribution in [-0.2, 0) is 11.8 Å². The van der Waals surface area contributed by atoms with Gasteiger partial charge in [-0.15, -0.1) is 0 Å². The first-order chi connectivity index (χ1) is 12.2. The number of nitrogens with two attached hydrogens (primary N) is 1. The van der Waals surface area contributed by atoms with Crippen molar-refractivity contribution in [3.63, 3.8) is 0 Å². The van der Waals surface area contributed by atoms with Gasteiger partial charge in [-0.2, -0.15) is 0 Å². The topological polar surface area (TPSA) is 62.4 Å². The van der Waals surface area contributed by atoms with Crippen molar-refractivity contribution in [2.24, 2.45) is 5.92 Å². The molecule has 130 valence electrons. The zero-order valence-electron chi connectivity index (χ0n) is 14.5. The standard InChI is InChI=1S/C21H25N3O/c22-15-5-7-20(23-13-15)24-10-9-21-8-2-1-3-17(21)19(24)11-14-4-6-16(25)12-18(14)21/h4-7,12-13,17,19,25H,1-3,8-11,22H2/t17-,19+,21+/m1/s1. The van der Waals surface area contributed by atoms with Gasteiger partial charge in [0.25, 0.3) is 0 Å². The molecule has 3 N–H and O–H groups in total. The Hall–Kier alpha value is -2.23. The van der Waals surface area contributed by atoms with Crippen molar-refractivity contribution in [3.05, 3.63) is 47.7 Å². The number of benzene rings is 1. The lowest BCUT2D eigenvalue weighted by molar-refractivity contribution is 0.0979. The van der Waals surface area contributed by atoms with Gasteiger partial charge in [-0.1, -0.05) is 18.9 Å². The van der Waals surface area contributed by atoms with Crippen LogP contribution in [0.25, 0.3) is 0 Å². The molecule has 1 aliphatic heterocycles. The molecule has 25 heavy (non-hydrogen) atoms. The number of nitrogen functional groups attached to an aromatic ring is 1. The van der Waals surface area contributed by atoms with Crippen LogP contribution in [0.1, 0.15) is 43.2 Å². The minimum atomic E-state index is 0.250. The van der Waals surface area contributed by atoms with Gasteiger partial charge < -0.3 is 15.7 Å². The number of phenolic OH excluding ortho intramolecular Hbond substituents is 1. The number of aromatic hydroxyl groups is 1. The molecule has 2 aromatic rings. The van der Waals surface area contributed by atoms with Crippen molar-refractivity contribution in [2.45, 2.75) is 50.0 Å². The molecule has 1 saturated heterocycles. The van der Waals surface area contributed by atoms with Crippen molar-refractivity contribution in [2.75, 3.05) is 17.2 Å². The van der Waals surface area contributed by atoms with Crippen LogP contribution in [0.15, 0.2) is 36.5 Å². The maximum atomic E-state index is 10.1. The molecule has 2 heterocycles. The summed E-state index contributed by atoms with van der Waals surface area (Å²) < 4.78 is 0. The number of pyridine rings is 1. The van der Waals surface area contributed by atoms with Crippen molar-refractivity contribution < 1.29 is 5.11 Å². The lowest BCUT2D eigenvalue weighted by Crippen LogP contribution is -2.61. The van der Waals surface area contributed by atoms with Gasteiger partial charge in [0.2, 0.25) is 0 Å². The van der Waals surface area contributed by atoms with E-state index in [-0.39, 0.29) is 5.41 Å². The number of piperidine rings is 1. The Balaban J connectivity index is 1.61. The van der Waals surface area contributed by atoms with E-state index in [0.29, 0.717) is 17.7 Å². The maximum Gasteiger partial charge on any atom is 0.128 e. The summed E-state index contributed by atoms with van der Waals surface area (Å²) in [6.07, 6.45) is 9.13. The fourth-order valence-electron chi connectivity index (χ4n) is 5.85. The van der Waals surface area contributed by atoms with E-state index in [9.17, 15) is 5.11 Å². The monoisotopic (exact) mass is 335 g/mol. The molecule has 2 aliphatic carbocycles. The second kappa shape index (κ2) is 5.38. The van der Waals surface area contributed by atoms with Gasteiger partial charge in [0, 0.05) is 18.0 Å². The zero-order valence-corrected chi connectivity index (χ0v) is 14.5. The van der Waals surface area contributed by atoms with Crippen molar-refractivity contribution >= 4 is 11.5 Å². The molecule has 3 aliphatic rings. The van der Waals surface area contributed by atoms with Gasteiger partial charge in [0.15, 0.2) is 0 Å². The van der Waals surface area contributed by atoms with Gasteiger partial charge in [-0.05, 0) is 67.0 Å². The summed E-state index contributed by atoms with van der Waals surface area (Å²) >= 11 is 0. The third-order valence-electron chi connectivity index (χ3n) is 6.89. The van der Waals surface area contributed by atoms with Crippen molar-refractivity contribution in [1.82, 2.24) is 4.98 Å². The molecule has 4 heteroatoms. The highest BCUT2D eigenvalue weighted by atomic mass is 16.3. The van der Waals surface area contributed by atoms with Crippen molar-refractivity contribution in [3.8, 4) is 5.75 Å². The molecule has 3 atom stereocenters. The van der Waals surface area contributed by atoms with Crippen LogP contribution in [0, 0.1) is 5.92 Å². The lowest BCUT2D eigenvalue weighted by atomic mass is 9.52. The van der Waals surface area contributed by atoms with Crippen LogP contribution < -0.4 is 10.6 Å². The predicted molar refractivity (Wildman–Crippen MR) is 99.8 cm³/mol. The Morgan fingerprint density at radius 1 is 1.16 bits per heavy atom. The Kier molecular flexibility index (Phi) is 3.24. The summed E-state index contributed by atoms with van der Waals surface area (Å²) in [5.74, 6) is 2.13. The first kappa shape index (κ1) is 15.1. The Morgan fingerprint density at radius 2 is 2.08 bits per heavy atom. The highest BCUT2D eigenvalue weighted by molar-refractivity contribution is 5.52. The molecule has 1 aromatic carbocycles. The zero-order chi connectivity index (χ0) is 17.0. The molecule has 5 rings (SSSR count). The van der Waals surface area contributed by atoms with Gasteiger partial charge in [-0.3, -0.25) is 0 Å². The van der Waals surface area contributed by atoms with E-state index < -0.39 is 0 Å². The molecule has 1 saturated carbocycles. The molecule has 1 aromatic heterocycles. The van der Waals surface area contributed by atoms with Crippen LogP contribution in [0.5, 0.6) is 5.75 Å². The number of phenols is 1. The van der Waals surface area contributed by atoms with Crippen LogP contribution in [0.2, 0.25) is 0 Å². The van der Waals surface area contributed by atoms with Crippen LogP contribution in [-0.4, -0.2) is 22.7 Å². The van der Waals surface area contributed by atoms with Gasteiger partial charge in [0.1, 0.15) is 11.6 Å². The Morgan fingerprint density at radius 3 is 2.92 bits per heavy atom. The number of aromatic nitrogens is 1. The van der Waals surface area contributed by atoms with Gasteiger partial charge in [0.05, 0.1) is 11.9 Å². The Labute approximate surface area is 148 Å². The van der Waals surface area contributed by atoms with Crippen LogP contribution in [0.3, 0.4) is 0 Å². The number of hydrogen-bond donors (Lipinski definition) is 2. The molecule has 4 nitrogen and oxygen atoms in total. The summed E-state index contributed by atoms with van der Waals surface area (Å²) in [4.78, 5) is 7.13. The SMILES string of the molecule is Nc1ccc(N2CC[C@@]34CCCC[C@@H]3[C@@H]2Cc2ccc(O)cc24)nc1. The molecule has 2 fully saturated rings. The summed E-state index contributed by atoms with van der Waals surface area (Å²) in [6, 6.07) is 10.6. The van der Waals surface area contributed by atoms with Crippen LogP contribution >= 0.6 is 0 Å². The molecule has 0 unspecified atom stereocenters. The van der Waals surface area contributed by atoms with Crippen LogP contribution in [0.4, 0.5) is 11.5 Å². The largest absolute Gasteiger partial charge is 0.508 e. The normalized spacial score (nSPS) is 30.5. The molecular weight excluding hydrogens is 310 g/mol. The average Bonchev–Trinajstić information content (AvgIpc) is 2.63. The van der Waals surface area contributed by atoms with Gasteiger partial charge in [-0.25, -0.2) is 4.98 Å². The number of anilines is 2. The van der Waals surface area contributed by atoms with Gasteiger partial charge >= 0.3 is 0 Å².